The zero-order chi connectivity index (χ0) is 24.2. The summed E-state index contributed by atoms with van der Waals surface area (Å²) in [6, 6.07) is 15.4. The molecular formula is C23H15BrClFN4O4. The first kappa shape index (κ1) is 23.4. The molecule has 4 aromatic rings. The van der Waals surface area contributed by atoms with E-state index in [-0.39, 0.29) is 16.5 Å². The number of para-hydroxylation sites is 2. The lowest BCUT2D eigenvalue weighted by Crippen LogP contribution is -2.32. The van der Waals surface area contributed by atoms with Crippen LogP contribution in [-0.4, -0.2) is 28.4 Å². The topological polar surface area (TPSA) is 106 Å². The maximum Gasteiger partial charge on any atom is 0.349 e. The molecule has 3 aromatic carbocycles. The Kier molecular flexibility index (Phi) is 6.90. The van der Waals surface area contributed by atoms with E-state index in [2.05, 4.69) is 31.3 Å². The molecule has 1 heterocycles. The molecule has 0 aliphatic carbocycles. The summed E-state index contributed by atoms with van der Waals surface area (Å²) in [5.41, 5.74) is -0.353. The molecule has 4 rings (SSSR count). The predicted molar refractivity (Wildman–Crippen MR) is 131 cm³/mol. The van der Waals surface area contributed by atoms with Crippen molar-refractivity contribution in [2.75, 3.05) is 11.9 Å². The number of rotatable bonds is 6. The summed E-state index contributed by atoms with van der Waals surface area (Å²) in [4.78, 5) is 39.5. The Labute approximate surface area is 204 Å². The number of ether oxygens (including phenoxy) is 1. The SMILES string of the molecule is O=C(COc1c(Cl)cc(C=Nn2c(=O)[nH]c3ccccc3c2=O)cc1Br)Nc1ccccc1F. The Balaban J connectivity index is 1.51. The first-order valence-corrected chi connectivity index (χ1v) is 11.0. The maximum absolute atomic E-state index is 13.7. The Bertz CT molecular complexity index is 1530. The molecule has 0 aliphatic rings. The van der Waals surface area contributed by atoms with Crippen LogP contribution in [0, 0.1) is 5.82 Å². The summed E-state index contributed by atoms with van der Waals surface area (Å²) in [6.07, 6.45) is 1.29. The molecule has 172 valence electrons. The van der Waals surface area contributed by atoms with Crippen LogP contribution in [0.1, 0.15) is 5.56 Å². The first-order chi connectivity index (χ1) is 16.3. The number of nitrogens with one attached hydrogen (secondary N) is 2. The van der Waals surface area contributed by atoms with Gasteiger partial charge in [-0.3, -0.25) is 9.59 Å². The van der Waals surface area contributed by atoms with Crippen LogP contribution in [0.25, 0.3) is 10.9 Å². The van der Waals surface area contributed by atoms with Crippen molar-refractivity contribution < 1.29 is 13.9 Å². The number of amides is 1. The highest BCUT2D eigenvalue weighted by Gasteiger charge is 2.13. The molecule has 11 heteroatoms. The van der Waals surface area contributed by atoms with Crippen molar-refractivity contribution in [2.24, 2.45) is 5.10 Å². The molecule has 1 aromatic heterocycles. The smallest absolute Gasteiger partial charge is 0.349 e. The van der Waals surface area contributed by atoms with E-state index in [9.17, 15) is 18.8 Å². The minimum absolute atomic E-state index is 0.0340. The molecule has 0 saturated carbocycles. The van der Waals surface area contributed by atoms with Gasteiger partial charge in [-0.1, -0.05) is 35.9 Å². The minimum atomic E-state index is -0.689. The summed E-state index contributed by atoms with van der Waals surface area (Å²) >= 11 is 9.60. The zero-order valence-electron chi connectivity index (χ0n) is 17.2. The number of aromatic nitrogens is 2. The molecule has 0 aliphatic heterocycles. The van der Waals surface area contributed by atoms with Gasteiger partial charge in [-0.2, -0.15) is 5.10 Å². The molecule has 34 heavy (non-hydrogen) atoms. The van der Waals surface area contributed by atoms with Gasteiger partial charge in [0.2, 0.25) is 0 Å². The van der Waals surface area contributed by atoms with Gasteiger partial charge in [0.15, 0.2) is 12.4 Å². The van der Waals surface area contributed by atoms with E-state index in [0.717, 1.165) is 0 Å². The van der Waals surface area contributed by atoms with Gasteiger partial charge in [0, 0.05) is 0 Å². The third kappa shape index (κ3) is 5.08. The van der Waals surface area contributed by atoms with E-state index in [0.29, 0.717) is 25.6 Å². The van der Waals surface area contributed by atoms with Gasteiger partial charge in [-0.25, -0.2) is 9.18 Å². The molecule has 0 spiro atoms. The van der Waals surface area contributed by atoms with Gasteiger partial charge in [0.25, 0.3) is 11.5 Å². The third-order valence-electron chi connectivity index (χ3n) is 4.62. The fourth-order valence-corrected chi connectivity index (χ4v) is 4.05. The number of halogens is 3. The van der Waals surface area contributed by atoms with Crippen molar-refractivity contribution in [3.63, 3.8) is 0 Å². The predicted octanol–water partition coefficient (Wildman–Crippen LogP) is 4.14. The average molecular weight is 546 g/mol. The van der Waals surface area contributed by atoms with Gasteiger partial charge in [-0.15, -0.1) is 4.68 Å². The number of hydrogen-bond donors (Lipinski definition) is 2. The molecular weight excluding hydrogens is 531 g/mol. The molecule has 0 atom stereocenters. The van der Waals surface area contributed by atoms with E-state index in [1.165, 1.54) is 30.5 Å². The number of H-pyrrole nitrogens is 1. The average Bonchev–Trinajstić information content (AvgIpc) is 2.80. The summed E-state index contributed by atoms with van der Waals surface area (Å²) < 4.78 is 20.3. The lowest BCUT2D eigenvalue weighted by Gasteiger charge is -2.11. The molecule has 0 fully saturated rings. The van der Waals surface area contributed by atoms with Gasteiger partial charge < -0.3 is 15.0 Å². The highest BCUT2D eigenvalue weighted by Crippen LogP contribution is 2.34. The molecule has 8 nitrogen and oxygen atoms in total. The van der Waals surface area contributed by atoms with E-state index in [1.54, 1.807) is 36.4 Å². The molecule has 0 saturated heterocycles. The third-order valence-corrected chi connectivity index (χ3v) is 5.49. The Morgan fingerprint density at radius 1 is 1.18 bits per heavy atom. The van der Waals surface area contributed by atoms with Crippen LogP contribution in [-0.2, 0) is 4.79 Å². The number of anilines is 1. The number of aromatic amines is 1. The molecule has 0 radical (unpaired) electrons. The lowest BCUT2D eigenvalue weighted by atomic mass is 10.2. The number of nitrogens with zero attached hydrogens (tertiary/aromatic N) is 2. The highest BCUT2D eigenvalue weighted by molar-refractivity contribution is 9.10. The standard InChI is InChI=1S/C23H15BrClFN4O4/c24-15-9-13(11-27-30-22(32)14-5-1-3-7-18(14)29-23(30)33)10-16(25)21(15)34-12-20(31)28-19-8-4-2-6-17(19)26/h1-11H,12H2,(H,28,31)(H,29,33). The van der Waals surface area contributed by atoms with Crippen LogP contribution in [0.4, 0.5) is 10.1 Å². The molecule has 1 amide bonds. The van der Waals surface area contributed by atoms with Crippen molar-refractivity contribution in [2.45, 2.75) is 0 Å². The number of fused-ring (bicyclic) bond motifs is 1. The van der Waals surface area contributed by atoms with Crippen LogP contribution in [0.3, 0.4) is 0 Å². The second-order valence-electron chi connectivity index (χ2n) is 6.97. The summed E-state index contributed by atoms with van der Waals surface area (Å²) in [7, 11) is 0. The Morgan fingerprint density at radius 3 is 2.68 bits per heavy atom. The molecule has 0 bridgehead atoms. The van der Waals surface area contributed by atoms with Gasteiger partial charge in [0.05, 0.1) is 32.3 Å². The number of hydrogen-bond acceptors (Lipinski definition) is 5. The van der Waals surface area contributed by atoms with Crippen LogP contribution < -0.4 is 21.3 Å². The largest absolute Gasteiger partial charge is 0.481 e. The molecule has 0 unspecified atom stereocenters. The van der Waals surface area contributed by atoms with Gasteiger partial charge >= 0.3 is 5.69 Å². The number of carbonyl (C=O) groups excluding carboxylic acids is 1. The lowest BCUT2D eigenvalue weighted by molar-refractivity contribution is -0.118. The second-order valence-corrected chi connectivity index (χ2v) is 8.23. The van der Waals surface area contributed by atoms with E-state index in [4.69, 9.17) is 16.3 Å². The Morgan fingerprint density at radius 2 is 1.91 bits per heavy atom. The Hall–Kier alpha value is -3.76. The van der Waals surface area contributed by atoms with Crippen molar-refractivity contribution in [1.82, 2.24) is 9.66 Å². The van der Waals surface area contributed by atoms with Crippen molar-refractivity contribution >= 4 is 56.2 Å². The second kappa shape index (κ2) is 10.0. The minimum Gasteiger partial charge on any atom is -0.481 e. The van der Waals surface area contributed by atoms with E-state index >= 15 is 0 Å². The van der Waals surface area contributed by atoms with Gasteiger partial charge in [-0.05, 0) is 57.9 Å². The van der Waals surface area contributed by atoms with E-state index in [1.807, 2.05) is 0 Å². The van der Waals surface area contributed by atoms with Crippen LogP contribution in [0.15, 0.2) is 79.8 Å². The van der Waals surface area contributed by atoms with Gasteiger partial charge in [0.1, 0.15) is 5.82 Å². The summed E-state index contributed by atoms with van der Waals surface area (Å²) in [5, 5.41) is 6.85. The highest BCUT2D eigenvalue weighted by atomic mass is 79.9. The normalized spacial score (nSPS) is 11.1. The quantitative estimate of drug-likeness (QED) is 0.355. The molecule has 2 N–H and O–H groups in total. The fourth-order valence-electron chi connectivity index (χ4n) is 3.06. The zero-order valence-corrected chi connectivity index (χ0v) is 19.6. The van der Waals surface area contributed by atoms with Crippen molar-refractivity contribution in [1.29, 1.82) is 0 Å². The van der Waals surface area contributed by atoms with Crippen LogP contribution >= 0.6 is 27.5 Å². The van der Waals surface area contributed by atoms with Crippen molar-refractivity contribution in [3.05, 3.63) is 102 Å². The van der Waals surface area contributed by atoms with E-state index < -0.39 is 29.6 Å². The van der Waals surface area contributed by atoms with Crippen molar-refractivity contribution in [3.8, 4) is 5.75 Å². The summed E-state index contributed by atoms with van der Waals surface area (Å²) in [5.74, 6) is -0.958. The fraction of sp³-hybridized carbons (Fsp3) is 0.0435. The summed E-state index contributed by atoms with van der Waals surface area (Å²) in [6.45, 7) is -0.415. The maximum atomic E-state index is 13.7. The first-order valence-electron chi connectivity index (χ1n) is 9.78. The van der Waals surface area contributed by atoms with Crippen LogP contribution in [0.2, 0.25) is 5.02 Å². The number of carbonyl (C=O) groups is 1. The monoisotopic (exact) mass is 544 g/mol. The number of benzene rings is 3. The van der Waals surface area contributed by atoms with Crippen LogP contribution in [0.5, 0.6) is 5.75 Å².